The average Bonchev–Trinajstić information content (AvgIpc) is 3.04. The van der Waals surface area contributed by atoms with Gasteiger partial charge in [0.05, 0.1) is 92.5 Å². The second-order valence-corrected chi connectivity index (χ2v) is 12.0. The highest BCUT2D eigenvalue weighted by molar-refractivity contribution is 5.99. The summed E-state index contributed by atoms with van der Waals surface area (Å²) >= 11 is 0. The van der Waals surface area contributed by atoms with Crippen LogP contribution in [0.1, 0.15) is 84.5 Å². The fourth-order valence-corrected chi connectivity index (χ4v) is 5.05. The first-order valence-corrected chi connectivity index (χ1v) is 17.6. The summed E-state index contributed by atoms with van der Waals surface area (Å²) in [5.41, 5.74) is -1.48. The lowest BCUT2D eigenvalue weighted by Gasteiger charge is -2.28. The van der Waals surface area contributed by atoms with E-state index in [1.54, 1.807) is 6.92 Å². The van der Waals surface area contributed by atoms with Gasteiger partial charge in [0.2, 0.25) is 0 Å². The Hall–Kier alpha value is -1.38. The molecule has 3 atom stereocenters. The van der Waals surface area contributed by atoms with E-state index in [9.17, 15) is 9.59 Å². The molecule has 0 aliphatic carbocycles. The molecule has 2 fully saturated rings. The van der Waals surface area contributed by atoms with Gasteiger partial charge in [-0.25, -0.2) is 0 Å². The van der Waals surface area contributed by atoms with Crippen LogP contribution in [0.3, 0.4) is 0 Å². The predicted octanol–water partition coefficient (Wildman–Crippen LogP) is 4.29. The summed E-state index contributed by atoms with van der Waals surface area (Å²) in [4.78, 5) is 27.1. The molecule has 46 heavy (non-hydrogen) atoms. The van der Waals surface area contributed by atoms with Gasteiger partial charge in [-0.05, 0) is 13.3 Å². The van der Waals surface area contributed by atoms with Gasteiger partial charge in [-0.15, -0.1) is 0 Å². The van der Waals surface area contributed by atoms with Crippen molar-refractivity contribution in [2.24, 2.45) is 5.41 Å². The summed E-state index contributed by atoms with van der Waals surface area (Å²) in [6, 6.07) is 0. The third-order valence-electron chi connectivity index (χ3n) is 7.99. The molecular weight excluding hydrogens is 600 g/mol. The molecule has 0 aromatic carbocycles. The van der Waals surface area contributed by atoms with Gasteiger partial charge in [-0.2, -0.15) is 0 Å². The maximum absolute atomic E-state index is 13.6. The molecular formula is C34H62O12. The molecule has 12 nitrogen and oxygen atoms in total. The highest BCUT2D eigenvalue weighted by Gasteiger charge is 2.44. The van der Waals surface area contributed by atoms with Gasteiger partial charge in [0, 0.05) is 0 Å². The molecule has 0 aromatic rings. The normalized spacial score (nSPS) is 23.0. The minimum atomic E-state index is -1.48. The topological polar surface area (TPSA) is 126 Å². The van der Waals surface area contributed by atoms with Crippen LogP contribution >= 0.6 is 0 Å². The zero-order chi connectivity index (χ0) is 33.0. The van der Waals surface area contributed by atoms with Crippen LogP contribution < -0.4 is 0 Å². The number of rotatable bonds is 17. The number of esters is 2. The molecule has 2 aliphatic heterocycles. The molecule has 0 N–H and O–H groups in total. The van der Waals surface area contributed by atoms with Crippen LogP contribution in [-0.4, -0.2) is 130 Å². The van der Waals surface area contributed by atoms with Crippen LogP contribution in [0.4, 0.5) is 0 Å². The van der Waals surface area contributed by atoms with Crippen molar-refractivity contribution in [3.05, 3.63) is 0 Å². The van der Waals surface area contributed by atoms with Crippen LogP contribution in [0.15, 0.2) is 0 Å². The van der Waals surface area contributed by atoms with Crippen LogP contribution in [0.5, 0.6) is 0 Å². The Labute approximate surface area is 276 Å². The van der Waals surface area contributed by atoms with Crippen molar-refractivity contribution in [2.75, 3.05) is 106 Å². The number of carbonyl (C=O) groups excluding carboxylic acids is 2. The zero-order valence-electron chi connectivity index (χ0n) is 28.6. The molecule has 0 amide bonds. The molecule has 0 aromatic heterocycles. The van der Waals surface area contributed by atoms with Gasteiger partial charge in [0.1, 0.15) is 25.4 Å². The number of carbonyl (C=O) groups is 2. The fourth-order valence-electron chi connectivity index (χ4n) is 5.05. The van der Waals surface area contributed by atoms with Crippen molar-refractivity contribution >= 4 is 11.9 Å². The van der Waals surface area contributed by atoms with Crippen molar-refractivity contribution in [3.8, 4) is 0 Å². The predicted molar refractivity (Wildman–Crippen MR) is 171 cm³/mol. The van der Waals surface area contributed by atoms with Crippen molar-refractivity contribution in [1.82, 2.24) is 0 Å². The van der Waals surface area contributed by atoms with Crippen LogP contribution in [-0.2, 0) is 57.0 Å². The van der Waals surface area contributed by atoms with E-state index >= 15 is 0 Å². The number of unbranched alkanes of at least 4 members (excludes halogenated alkanes) is 9. The summed E-state index contributed by atoms with van der Waals surface area (Å²) in [5.74, 6) is -1.27. The highest BCUT2D eigenvalue weighted by Crippen LogP contribution is 2.29. The molecule has 0 bridgehead atoms. The van der Waals surface area contributed by atoms with Crippen molar-refractivity contribution in [3.63, 3.8) is 0 Å². The molecule has 2 saturated heterocycles. The van der Waals surface area contributed by atoms with E-state index in [4.69, 9.17) is 47.4 Å². The number of hydrogen-bond acceptors (Lipinski definition) is 12. The zero-order valence-corrected chi connectivity index (χ0v) is 28.6. The first-order valence-electron chi connectivity index (χ1n) is 17.6. The van der Waals surface area contributed by atoms with Gasteiger partial charge in [-0.1, -0.05) is 71.1 Å². The van der Waals surface area contributed by atoms with Crippen LogP contribution in [0, 0.1) is 5.41 Å². The lowest BCUT2D eigenvalue weighted by atomic mass is 9.84. The summed E-state index contributed by atoms with van der Waals surface area (Å²) < 4.78 is 56.3. The van der Waals surface area contributed by atoms with E-state index < -0.39 is 29.6 Å². The standard InChI is InChI=1S/C34H62O12/c1-3-4-5-6-7-8-9-10-11-12-13-34(2,32(35)45-28-30-26-41-20-18-37-14-16-39-22-24-43-30)33(36)46-29-31-27-42-21-19-38-15-17-40-23-25-44-31/h30-31H,3-29H2,1-2H3/t30-,31+,34?. The van der Waals surface area contributed by atoms with Crippen molar-refractivity contribution in [1.29, 1.82) is 0 Å². The summed E-state index contributed by atoms with van der Waals surface area (Å²) in [7, 11) is 0. The first-order chi connectivity index (χ1) is 22.6. The molecule has 2 heterocycles. The maximum Gasteiger partial charge on any atom is 0.323 e. The van der Waals surface area contributed by atoms with Crippen molar-refractivity contribution in [2.45, 2.75) is 96.7 Å². The Morgan fingerprint density at radius 2 is 0.870 bits per heavy atom. The van der Waals surface area contributed by atoms with Gasteiger partial charge >= 0.3 is 11.9 Å². The van der Waals surface area contributed by atoms with E-state index in [2.05, 4.69) is 6.92 Å². The smallest absolute Gasteiger partial charge is 0.323 e. The largest absolute Gasteiger partial charge is 0.462 e. The van der Waals surface area contributed by atoms with Crippen molar-refractivity contribution < 1.29 is 57.0 Å². The Morgan fingerprint density at radius 1 is 0.522 bits per heavy atom. The number of ether oxygens (including phenoxy) is 10. The van der Waals surface area contributed by atoms with Gasteiger partial charge in [0.15, 0.2) is 5.41 Å². The number of hydrogen-bond donors (Lipinski definition) is 0. The van der Waals surface area contributed by atoms with Gasteiger partial charge < -0.3 is 47.4 Å². The van der Waals surface area contributed by atoms with Crippen LogP contribution in [0.25, 0.3) is 0 Å². The van der Waals surface area contributed by atoms with E-state index in [1.165, 1.54) is 38.5 Å². The quantitative estimate of drug-likeness (QED) is 0.125. The molecule has 2 aliphatic rings. The Bertz CT molecular complexity index is 682. The summed E-state index contributed by atoms with van der Waals surface area (Å²) in [5, 5.41) is 0. The molecule has 270 valence electrons. The second-order valence-electron chi connectivity index (χ2n) is 12.0. The maximum atomic E-state index is 13.6. The average molecular weight is 663 g/mol. The monoisotopic (exact) mass is 662 g/mol. The fraction of sp³-hybridized carbons (Fsp3) is 0.941. The lowest BCUT2D eigenvalue weighted by molar-refractivity contribution is -0.178. The van der Waals surface area contributed by atoms with E-state index in [0.29, 0.717) is 92.1 Å². The second kappa shape index (κ2) is 27.6. The lowest BCUT2D eigenvalue weighted by Crippen LogP contribution is -2.42. The van der Waals surface area contributed by atoms with Gasteiger partial charge in [0.25, 0.3) is 0 Å². The summed E-state index contributed by atoms with van der Waals surface area (Å²) in [6.07, 6.45) is 10.8. The first kappa shape index (κ1) is 40.8. The Morgan fingerprint density at radius 3 is 1.28 bits per heavy atom. The Kier molecular flexibility index (Phi) is 24.4. The molecule has 0 spiro atoms. The van der Waals surface area contributed by atoms with Crippen LogP contribution in [0.2, 0.25) is 0 Å². The third-order valence-corrected chi connectivity index (χ3v) is 7.99. The SMILES string of the molecule is CCCCCCCCCCCCC(C)(C(=O)OC[C@H]1COCCOCCOCCO1)C(=O)OC[C@@H]1COCCOCCOCCO1. The minimum Gasteiger partial charge on any atom is -0.462 e. The molecule has 12 heteroatoms. The van der Waals surface area contributed by atoms with E-state index in [1.807, 2.05) is 0 Å². The minimum absolute atomic E-state index is 0.0533. The third kappa shape index (κ3) is 19.4. The molecule has 1 unspecified atom stereocenters. The van der Waals surface area contributed by atoms with E-state index in [0.717, 1.165) is 19.3 Å². The molecule has 2 rings (SSSR count). The van der Waals surface area contributed by atoms with Gasteiger partial charge in [-0.3, -0.25) is 9.59 Å². The molecule has 0 radical (unpaired) electrons. The van der Waals surface area contributed by atoms with E-state index in [-0.39, 0.29) is 26.4 Å². The molecule has 0 saturated carbocycles. The highest BCUT2D eigenvalue weighted by atomic mass is 16.6. The summed E-state index contributed by atoms with van der Waals surface area (Å²) in [6.45, 7) is 9.23. The Balaban J connectivity index is 1.93.